The zero-order valence-corrected chi connectivity index (χ0v) is 12.2. The fraction of sp³-hybridized carbons (Fsp3) is 0.357. The van der Waals surface area contributed by atoms with Crippen LogP contribution in [0.25, 0.3) is 11.3 Å². The molecule has 3 nitrogen and oxygen atoms in total. The number of hydrogen-bond donors (Lipinski definition) is 1. The van der Waals surface area contributed by atoms with Crippen LogP contribution in [0.15, 0.2) is 28.8 Å². The smallest absolute Gasteiger partial charge is 0.224 e. The van der Waals surface area contributed by atoms with Crippen LogP contribution in [0.4, 0.5) is 0 Å². The number of aliphatic hydroxyl groups is 1. The Morgan fingerprint density at radius 3 is 2.53 bits per heavy atom. The largest absolute Gasteiger partial charge is 0.438 e. The van der Waals surface area contributed by atoms with Crippen LogP contribution in [0.5, 0.6) is 0 Å². The summed E-state index contributed by atoms with van der Waals surface area (Å²) in [7, 11) is 0. The van der Waals surface area contributed by atoms with E-state index in [9.17, 15) is 5.11 Å². The zero-order valence-electron chi connectivity index (χ0n) is 10.7. The third-order valence-electron chi connectivity index (χ3n) is 3.17. The Balaban J connectivity index is 2.36. The molecule has 0 aliphatic rings. The van der Waals surface area contributed by atoms with Crippen molar-refractivity contribution >= 4 is 23.2 Å². The molecular weight excluding hydrogens is 285 g/mol. The first-order valence-electron chi connectivity index (χ1n) is 6.12. The molecule has 1 aromatic heterocycles. The van der Waals surface area contributed by atoms with Gasteiger partial charge in [0.15, 0.2) is 5.76 Å². The predicted molar refractivity (Wildman–Crippen MR) is 76.4 cm³/mol. The predicted octanol–water partition coefficient (Wildman–Crippen LogP) is 4.73. The van der Waals surface area contributed by atoms with Gasteiger partial charge in [0, 0.05) is 0 Å². The fourth-order valence-corrected chi connectivity index (χ4v) is 2.32. The first-order valence-corrected chi connectivity index (χ1v) is 6.88. The molecule has 0 aliphatic heterocycles. The third-order valence-corrected chi connectivity index (χ3v) is 3.80. The lowest BCUT2D eigenvalue weighted by Gasteiger charge is -2.13. The van der Waals surface area contributed by atoms with E-state index in [4.69, 9.17) is 27.6 Å². The summed E-state index contributed by atoms with van der Waals surface area (Å²) >= 11 is 12.2. The van der Waals surface area contributed by atoms with E-state index in [2.05, 4.69) is 4.98 Å². The third kappa shape index (κ3) is 2.94. The summed E-state index contributed by atoms with van der Waals surface area (Å²) in [5.41, 5.74) is 0.598. The summed E-state index contributed by atoms with van der Waals surface area (Å²) in [6.45, 7) is 3.94. The Labute approximate surface area is 122 Å². The number of oxazole rings is 1. The van der Waals surface area contributed by atoms with E-state index >= 15 is 0 Å². The van der Waals surface area contributed by atoms with Crippen LogP contribution in [0.2, 0.25) is 10.0 Å². The standard InChI is InChI=1S/C14H15Cl2NO2/c1-3-8(2)13(18)14-17-7-11(19-14)12-9(15)5-4-6-10(12)16/h4-8,13,18H,3H2,1-2H3. The molecule has 2 aromatic rings. The molecule has 2 rings (SSSR count). The van der Waals surface area contributed by atoms with Crippen molar-refractivity contribution in [3.63, 3.8) is 0 Å². The van der Waals surface area contributed by atoms with Gasteiger partial charge in [-0.1, -0.05) is 49.5 Å². The van der Waals surface area contributed by atoms with E-state index in [1.165, 1.54) is 6.20 Å². The molecule has 1 heterocycles. The van der Waals surface area contributed by atoms with Crippen molar-refractivity contribution in [2.45, 2.75) is 26.4 Å². The van der Waals surface area contributed by atoms with Gasteiger partial charge in [-0.15, -0.1) is 0 Å². The Morgan fingerprint density at radius 1 is 1.32 bits per heavy atom. The highest BCUT2D eigenvalue weighted by atomic mass is 35.5. The van der Waals surface area contributed by atoms with E-state index in [0.717, 1.165) is 6.42 Å². The van der Waals surface area contributed by atoms with Crippen molar-refractivity contribution in [1.29, 1.82) is 0 Å². The van der Waals surface area contributed by atoms with Gasteiger partial charge in [-0.25, -0.2) is 4.98 Å². The Morgan fingerprint density at radius 2 is 1.95 bits per heavy atom. The summed E-state index contributed by atoms with van der Waals surface area (Å²) in [6.07, 6.45) is 1.65. The molecule has 19 heavy (non-hydrogen) atoms. The minimum atomic E-state index is -0.722. The molecule has 0 aliphatic carbocycles. The number of aromatic nitrogens is 1. The molecule has 0 radical (unpaired) electrons. The number of nitrogens with zero attached hydrogens (tertiary/aromatic N) is 1. The summed E-state index contributed by atoms with van der Waals surface area (Å²) in [5, 5.41) is 11.1. The SMILES string of the molecule is CCC(C)C(O)c1ncc(-c2c(Cl)cccc2Cl)o1. The molecule has 0 fully saturated rings. The van der Waals surface area contributed by atoms with Gasteiger partial charge in [0.05, 0.1) is 21.8 Å². The molecule has 102 valence electrons. The van der Waals surface area contributed by atoms with Crippen molar-refractivity contribution in [3.05, 3.63) is 40.3 Å². The second kappa shape index (κ2) is 5.95. The van der Waals surface area contributed by atoms with Gasteiger partial charge < -0.3 is 9.52 Å². The van der Waals surface area contributed by atoms with Crippen molar-refractivity contribution in [1.82, 2.24) is 4.98 Å². The van der Waals surface area contributed by atoms with E-state index < -0.39 is 6.10 Å². The lowest BCUT2D eigenvalue weighted by atomic mass is 10.0. The number of aliphatic hydroxyl groups excluding tert-OH is 1. The van der Waals surface area contributed by atoms with Crippen molar-refractivity contribution in [2.75, 3.05) is 0 Å². The molecular formula is C14H15Cl2NO2. The van der Waals surface area contributed by atoms with E-state index in [1.807, 2.05) is 13.8 Å². The fourth-order valence-electron chi connectivity index (χ4n) is 1.74. The molecule has 0 bridgehead atoms. The van der Waals surface area contributed by atoms with Gasteiger partial charge in [-0.3, -0.25) is 0 Å². The number of hydrogen-bond acceptors (Lipinski definition) is 3. The van der Waals surface area contributed by atoms with E-state index in [0.29, 0.717) is 27.3 Å². The second-order valence-corrected chi connectivity index (χ2v) is 5.30. The molecule has 2 unspecified atom stereocenters. The van der Waals surface area contributed by atoms with Crippen LogP contribution in [0.3, 0.4) is 0 Å². The maximum atomic E-state index is 10.1. The van der Waals surface area contributed by atoms with Gasteiger partial charge in [-0.05, 0) is 18.1 Å². The normalized spacial score (nSPS) is 14.4. The molecule has 0 saturated carbocycles. The van der Waals surface area contributed by atoms with Gasteiger partial charge in [0.1, 0.15) is 6.10 Å². The number of benzene rings is 1. The molecule has 0 spiro atoms. The highest BCUT2D eigenvalue weighted by molar-refractivity contribution is 6.39. The highest BCUT2D eigenvalue weighted by Gasteiger charge is 2.21. The summed E-state index contributed by atoms with van der Waals surface area (Å²) < 4.78 is 5.59. The maximum Gasteiger partial charge on any atom is 0.224 e. The van der Waals surface area contributed by atoms with Crippen LogP contribution in [0.1, 0.15) is 32.3 Å². The molecule has 0 saturated heterocycles. The topological polar surface area (TPSA) is 46.3 Å². The van der Waals surface area contributed by atoms with Gasteiger partial charge in [0.2, 0.25) is 5.89 Å². The van der Waals surface area contributed by atoms with Crippen LogP contribution < -0.4 is 0 Å². The Hall–Kier alpha value is -1.03. The van der Waals surface area contributed by atoms with E-state index in [1.54, 1.807) is 18.2 Å². The lowest BCUT2D eigenvalue weighted by Crippen LogP contribution is -2.08. The average molecular weight is 300 g/mol. The molecule has 1 N–H and O–H groups in total. The van der Waals surface area contributed by atoms with Crippen LogP contribution in [-0.2, 0) is 0 Å². The molecule has 0 amide bonds. The van der Waals surface area contributed by atoms with Gasteiger partial charge in [-0.2, -0.15) is 0 Å². The number of rotatable bonds is 4. The zero-order chi connectivity index (χ0) is 14.0. The van der Waals surface area contributed by atoms with Crippen LogP contribution in [-0.4, -0.2) is 10.1 Å². The first-order chi connectivity index (χ1) is 9.04. The van der Waals surface area contributed by atoms with Crippen molar-refractivity contribution in [2.24, 2.45) is 5.92 Å². The van der Waals surface area contributed by atoms with Crippen LogP contribution in [0, 0.1) is 5.92 Å². The monoisotopic (exact) mass is 299 g/mol. The summed E-state index contributed by atoms with van der Waals surface area (Å²) in [6, 6.07) is 5.23. The maximum absolute atomic E-state index is 10.1. The molecule has 1 aromatic carbocycles. The van der Waals surface area contributed by atoms with Crippen molar-refractivity contribution in [3.8, 4) is 11.3 Å². The highest BCUT2D eigenvalue weighted by Crippen LogP contribution is 2.36. The molecule has 2 atom stereocenters. The average Bonchev–Trinajstić information content (AvgIpc) is 2.86. The quantitative estimate of drug-likeness (QED) is 0.888. The minimum absolute atomic E-state index is 0.0771. The van der Waals surface area contributed by atoms with E-state index in [-0.39, 0.29) is 5.92 Å². The molecule has 5 heteroatoms. The van der Waals surface area contributed by atoms with Gasteiger partial charge in [0.25, 0.3) is 0 Å². The Kier molecular flexibility index (Phi) is 4.50. The van der Waals surface area contributed by atoms with Crippen LogP contribution >= 0.6 is 23.2 Å². The lowest BCUT2D eigenvalue weighted by molar-refractivity contribution is 0.0876. The summed E-state index contributed by atoms with van der Waals surface area (Å²) in [4.78, 5) is 4.11. The first kappa shape index (κ1) is 14.4. The van der Waals surface area contributed by atoms with Gasteiger partial charge >= 0.3 is 0 Å². The van der Waals surface area contributed by atoms with Crippen molar-refractivity contribution < 1.29 is 9.52 Å². The number of halogens is 2. The minimum Gasteiger partial charge on any atom is -0.438 e. The Bertz CT molecular complexity index is 548. The summed E-state index contributed by atoms with van der Waals surface area (Å²) in [5.74, 6) is 0.835. The second-order valence-electron chi connectivity index (χ2n) is 4.49.